The van der Waals surface area contributed by atoms with Gasteiger partial charge in [0, 0.05) is 22.0 Å². The van der Waals surface area contributed by atoms with Gasteiger partial charge in [0.05, 0.1) is 22.9 Å². The fraction of sp³-hybridized carbons (Fsp3) is 0.167. The first-order valence-electron chi connectivity index (χ1n) is 12.2. The molecule has 0 amide bonds. The van der Waals surface area contributed by atoms with Crippen molar-refractivity contribution in [3.8, 4) is 5.69 Å². The summed E-state index contributed by atoms with van der Waals surface area (Å²) in [5, 5.41) is 4.32. The molecule has 1 aliphatic heterocycles. The van der Waals surface area contributed by atoms with E-state index < -0.39 is 12.0 Å². The molecule has 38 heavy (non-hydrogen) atoms. The number of hydrogen-bond donors (Lipinski definition) is 0. The van der Waals surface area contributed by atoms with Crippen LogP contribution >= 0.6 is 22.7 Å². The zero-order chi connectivity index (χ0) is 26.6. The molecule has 0 aliphatic carbocycles. The quantitative estimate of drug-likeness (QED) is 0.301. The molecule has 4 heterocycles. The SMILES string of the molecule is COC(=O)C1=C(C)N=c2sc(=Cc3cc(C)n(-c4ccc5ccccc5c4)c3C)c(=O)n2C1c1cccs1. The van der Waals surface area contributed by atoms with Gasteiger partial charge in [0.15, 0.2) is 4.80 Å². The summed E-state index contributed by atoms with van der Waals surface area (Å²) in [7, 11) is 1.35. The van der Waals surface area contributed by atoms with Crippen LogP contribution in [0, 0.1) is 13.8 Å². The number of ether oxygens (including phenoxy) is 1. The van der Waals surface area contributed by atoms with Gasteiger partial charge in [0.2, 0.25) is 0 Å². The van der Waals surface area contributed by atoms with Crippen LogP contribution in [0.5, 0.6) is 0 Å². The predicted molar refractivity (Wildman–Crippen MR) is 153 cm³/mol. The number of fused-ring (bicyclic) bond motifs is 2. The first-order chi connectivity index (χ1) is 18.4. The van der Waals surface area contributed by atoms with Crippen LogP contribution in [-0.4, -0.2) is 22.2 Å². The van der Waals surface area contributed by atoms with E-state index in [4.69, 9.17) is 4.74 Å². The van der Waals surface area contributed by atoms with Gasteiger partial charge < -0.3 is 9.30 Å². The third kappa shape index (κ3) is 3.88. The van der Waals surface area contributed by atoms with Crippen molar-refractivity contribution in [1.29, 1.82) is 0 Å². The predicted octanol–water partition coefficient (Wildman–Crippen LogP) is 5.03. The minimum Gasteiger partial charge on any atom is -0.466 e. The van der Waals surface area contributed by atoms with E-state index in [2.05, 4.69) is 59.8 Å². The lowest BCUT2D eigenvalue weighted by Gasteiger charge is -2.22. The Labute approximate surface area is 227 Å². The number of aromatic nitrogens is 2. The van der Waals surface area contributed by atoms with Crippen molar-refractivity contribution in [2.24, 2.45) is 4.99 Å². The molecule has 6 rings (SSSR count). The van der Waals surface area contributed by atoms with E-state index in [0.29, 0.717) is 20.6 Å². The monoisotopic (exact) mass is 539 g/mol. The Kier molecular flexibility index (Phi) is 6.01. The number of thiophene rings is 1. The van der Waals surface area contributed by atoms with Crippen LogP contribution in [0.2, 0.25) is 0 Å². The minimum absolute atomic E-state index is 0.170. The van der Waals surface area contributed by atoms with Crippen LogP contribution in [0.1, 0.15) is 34.8 Å². The maximum Gasteiger partial charge on any atom is 0.338 e. The molecule has 1 aliphatic rings. The lowest BCUT2D eigenvalue weighted by atomic mass is 10.0. The van der Waals surface area contributed by atoms with Crippen LogP contribution in [0.4, 0.5) is 0 Å². The van der Waals surface area contributed by atoms with Crippen LogP contribution < -0.4 is 14.9 Å². The zero-order valence-electron chi connectivity index (χ0n) is 21.4. The molecular formula is C30H25N3O3S2. The molecule has 8 heteroatoms. The van der Waals surface area contributed by atoms with Crippen LogP contribution in [0.25, 0.3) is 22.5 Å². The molecule has 0 fully saturated rings. The number of nitrogens with zero attached hydrogens (tertiary/aromatic N) is 3. The topological polar surface area (TPSA) is 65.6 Å². The average Bonchev–Trinajstić information content (AvgIpc) is 3.62. The number of thiazole rings is 1. The van der Waals surface area contributed by atoms with Gasteiger partial charge in [0.1, 0.15) is 6.04 Å². The van der Waals surface area contributed by atoms with Gasteiger partial charge in [-0.05, 0) is 72.8 Å². The molecule has 0 saturated heterocycles. The van der Waals surface area contributed by atoms with Gasteiger partial charge in [-0.1, -0.05) is 47.7 Å². The summed E-state index contributed by atoms with van der Waals surface area (Å²) in [4.78, 5) is 32.7. The number of allylic oxidation sites excluding steroid dienone is 1. The zero-order valence-corrected chi connectivity index (χ0v) is 23.0. The number of rotatable bonds is 4. The van der Waals surface area contributed by atoms with Crippen molar-refractivity contribution < 1.29 is 9.53 Å². The first kappa shape index (κ1) is 24.3. The molecule has 1 unspecified atom stereocenters. The van der Waals surface area contributed by atoms with E-state index in [1.54, 1.807) is 11.5 Å². The second kappa shape index (κ2) is 9.38. The van der Waals surface area contributed by atoms with Gasteiger partial charge in [-0.25, -0.2) is 9.79 Å². The molecule has 1 atom stereocenters. The van der Waals surface area contributed by atoms with Crippen LogP contribution in [0.15, 0.2) is 87.1 Å². The fourth-order valence-electron chi connectivity index (χ4n) is 5.20. The number of carbonyl (C=O) groups is 1. The summed E-state index contributed by atoms with van der Waals surface area (Å²) >= 11 is 2.84. The smallest absolute Gasteiger partial charge is 0.338 e. The summed E-state index contributed by atoms with van der Waals surface area (Å²) < 4.78 is 9.48. The van der Waals surface area contributed by atoms with Crippen molar-refractivity contribution in [1.82, 2.24) is 9.13 Å². The van der Waals surface area contributed by atoms with Gasteiger partial charge >= 0.3 is 5.97 Å². The maximum atomic E-state index is 13.8. The van der Waals surface area contributed by atoms with Gasteiger partial charge in [0.25, 0.3) is 5.56 Å². The molecule has 5 aromatic rings. The lowest BCUT2D eigenvalue weighted by molar-refractivity contribution is -0.136. The molecule has 190 valence electrons. The molecular weight excluding hydrogens is 514 g/mol. The number of carbonyl (C=O) groups excluding carboxylic acids is 1. The Morgan fingerprint density at radius 1 is 1.03 bits per heavy atom. The molecule has 0 bridgehead atoms. The molecule has 0 N–H and O–H groups in total. The van der Waals surface area contributed by atoms with Gasteiger partial charge in [-0.15, -0.1) is 11.3 Å². The highest BCUT2D eigenvalue weighted by Crippen LogP contribution is 2.33. The van der Waals surface area contributed by atoms with Gasteiger partial charge in [-0.3, -0.25) is 9.36 Å². The summed E-state index contributed by atoms with van der Waals surface area (Å²) in [5.74, 6) is -0.474. The van der Waals surface area contributed by atoms with E-state index in [1.165, 1.54) is 40.6 Å². The standard InChI is InChI=1S/C30H25N3O3S2/c1-17-14-22(19(3)32(17)23-12-11-20-8-5-6-9-21(20)15-23)16-25-28(34)33-27(24-10-7-13-37-24)26(29(35)36-4)18(2)31-30(33)38-25/h5-16,27H,1-4H3. The van der Waals surface area contributed by atoms with Crippen molar-refractivity contribution in [3.05, 3.63) is 119 Å². The van der Waals surface area contributed by atoms with E-state index in [0.717, 1.165) is 27.5 Å². The molecule has 0 saturated carbocycles. The third-order valence-corrected chi connectivity index (χ3v) is 8.90. The van der Waals surface area contributed by atoms with E-state index in [1.807, 2.05) is 35.7 Å². The number of hydrogen-bond acceptors (Lipinski definition) is 6. The Bertz CT molecular complexity index is 1940. The van der Waals surface area contributed by atoms with Crippen molar-refractivity contribution in [2.45, 2.75) is 26.8 Å². The van der Waals surface area contributed by atoms with E-state index in [-0.39, 0.29) is 5.56 Å². The van der Waals surface area contributed by atoms with Crippen molar-refractivity contribution in [2.75, 3.05) is 7.11 Å². The molecule has 2 aromatic carbocycles. The van der Waals surface area contributed by atoms with Crippen LogP contribution in [-0.2, 0) is 9.53 Å². The number of benzene rings is 2. The maximum absolute atomic E-state index is 13.8. The van der Waals surface area contributed by atoms with Crippen molar-refractivity contribution in [3.63, 3.8) is 0 Å². The van der Waals surface area contributed by atoms with Gasteiger partial charge in [-0.2, -0.15) is 0 Å². The number of esters is 1. The largest absolute Gasteiger partial charge is 0.466 e. The summed E-state index contributed by atoms with van der Waals surface area (Å²) in [6, 6.07) is 20.1. The minimum atomic E-state index is -0.564. The Hall–Kier alpha value is -4.01. The third-order valence-electron chi connectivity index (χ3n) is 6.99. The summed E-state index contributed by atoms with van der Waals surface area (Å²) in [6.07, 6.45) is 1.94. The second-order valence-corrected chi connectivity index (χ2v) is 11.3. The van der Waals surface area contributed by atoms with Crippen molar-refractivity contribution >= 4 is 45.5 Å². The summed E-state index contributed by atoms with van der Waals surface area (Å²) in [6.45, 7) is 5.93. The Morgan fingerprint density at radius 2 is 1.82 bits per heavy atom. The lowest BCUT2D eigenvalue weighted by Crippen LogP contribution is -2.39. The first-order valence-corrected chi connectivity index (χ1v) is 13.9. The normalized spacial score (nSPS) is 15.6. The molecule has 0 radical (unpaired) electrons. The fourth-order valence-corrected chi connectivity index (χ4v) is 7.06. The summed E-state index contributed by atoms with van der Waals surface area (Å²) in [5.41, 5.74) is 4.97. The highest BCUT2D eigenvalue weighted by atomic mass is 32.1. The molecule has 0 spiro atoms. The Morgan fingerprint density at radius 3 is 2.55 bits per heavy atom. The number of methoxy groups -OCH3 is 1. The molecule has 6 nitrogen and oxygen atoms in total. The highest BCUT2D eigenvalue weighted by molar-refractivity contribution is 7.10. The van der Waals surface area contributed by atoms with Crippen LogP contribution in [0.3, 0.4) is 0 Å². The Balaban J connectivity index is 1.50. The van der Waals surface area contributed by atoms with E-state index in [9.17, 15) is 9.59 Å². The average molecular weight is 540 g/mol. The van der Waals surface area contributed by atoms with E-state index >= 15 is 0 Å². The molecule has 3 aromatic heterocycles. The number of aryl methyl sites for hydroxylation is 1. The highest BCUT2D eigenvalue weighted by Gasteiger charge is 2.33. The second-order valence-electron chi connectivity index (χ2n) is 9.28.